The Morgan fingerprint density at radius 2 is 1.88 bits per heavy atom. The van der Waals surface area contributed by atoms with Gasteiger partial charge in [0.1, 0.15) is 0 Å². The Morgan fingerprint density at radius 1 is 1.35 bits per heavy atom. The highest BCUT2D eigenvalue weighted by molar-refractivity contribution is 7.86. The van der Waals surface area contributed by atoms with Gasteiger partial charge in [-0.15, -0.1) is 11.6 Å². The largest absolute Gasteiger partial charge is 0.373 e. The second kappa shape index (κ2) is 6.33. The van der Waals surface area contributed by atoms with Gasteiger partial charge in [0.15, 0.2) is 0 Å². The number of halogens is 1. The van der Waals surface area contributed by atoms with Gasteiger partial charge in [-0.2, -0.15) is 17.0 Å². The molecule has 0 saturated carbocycles. The second-order valence-electron chi connectivity index (χ2n) is 4.45. The maximum absolute atomic E-state index is 12.2. The molecule has 1 heterocycles. The van der Waals surface area contributed by atoms with Crippen molar-refractivity contribution in [3.8, 4) is 0 Å². The summed E-state index contributed by atoms with van der Waals surface area (Å²) in [5.74, 6) is 0.468. The van der Waals surface area contributed by atoms with Gasteiger partial charge in [0.25, 0.3) is 10.2 Å². The summed E-state index contributed by atoms with van der Waals surface area (Å²) in [5.41, 5.74) is 0. The SMILES string of the molecule is C[C@@H]1CN(S(=O)(=O)N(C)CCCCl)C[C@H](C)O1. The van der Waals surface area contributed by atoms with Gasteiger partial charge in [-0.3, -0.25) is 0 Å². The third kappa shape index (κ3) is 4.06. The summed E-state index contributed by atoms with van der Waals surface area (Å²) >= 11 is 5.57. The van der Waals surface area contributed by atoms with Crippen LogP contribution in [0.5, 0.6) is 0 Å². The molecule has 0 aromatic rings. The molecule has 0 spiro atoms. The maximum Gasteiger partial charge on any atom is 0.281 e. The zero-order valence-electron chi connectivity index (χ0n) is 10.6. The molecular formula is C10H21ClN2O3S. The fourth-order valence-electron chi connectivity index (χ4n) is 1.91. The van der Waals surface area contributed by atoms with Crippen molar-refractivity contribution in [2.45, 2.75) is 32.5 Å². The second-order valence-corrected chi connectivity index (χ2v) is 6.86. The van der Waals surface area contributed by atoms with Crippen LogP contribution in [0.3, 0.4) is 0 Å². The van der Waals surface area contributed by atoms with Crippen LogP contribution >= 0.6 is 11.6 Å². The van der Waals surface area contributed by atoms with Gasteiger partial charge < -0.3 is 4.74 Å². The van der Waals surface area contributed by atoms with Crippen molar-refractivity contribution in [2.24, 2.45) is 0 Å². The van der Waals surface area contributed by atoms with Crippen LogP contribution in [0.1, 0.15) is 20.3 Å². The van der Waals surface area contributed by atoms with Crippen molar-refractivity contribution in [3.63, 3.8) is 0 Å². The molecule has 1 aliphatic heterocycles. The van der Waals surface area contributed by atoms with Crippen LogP contribution in [0, 0.1) is 0 Å². The molecule has 7 heteroatoms. The lowest BCUT2D eigenvalue weighted by molar-refractivity contribution is -0.0452. The van der Waals surface area contributed by atoms with Gasteiger partial charge in [-0.25, -0.2) is 0 Å². The summed E-state index contributed by atoms with van der Waals surface area (Å²) in [4.78, 5) is 0. The summed E-state index contributed by atoms with van der Waals surface area (Å²) in [6, 6.07) is 0. The number of morpholine rings is 1. The first-order chi connectivity index (χ1) is 7.87. The predicted molar refractivity (Wildman–Crippen MR) is 68.5 cm³/mol. The summed E-state index contributed by atoms with van der Waals surface area (Å²) in [5, 5.41) is 0. The highest BCUT2D eigenvalue weighted by Gasteiger charge is 2.33. The summed E-state index contributed by atoms with van der Waals surface area (Å²) < 4.78 is 32.8. The van der Waals surface area contributed by atoms with E-state index < -0.39 is 10.2 Å². The van der Waals surface area contributed by atoms with Gasteiger partial charge in [-0.05, 0) is 20.3 Å². The molecule has 1 fully saturated rings. The van der Waals surface area contributed by atoms with Gasteiger partial charge in [0.05, 0.1) is 12.2 Å². The Bertz CT molecular complexity index is 326. The number of hydrogen-bond donors (Lipinski definition) is 0. The molecule has 102 valence electrons. The van der Waals surface area contributed by atoms with E-state index in [2.05, 4.69) is 0 Å². The van der Waals surface area contributed by atoms with Gasteiger partial charge in [0.2, 0.25) is 0 Å². The number of hydrogen-bond acceptors (Lipinski definition) is 3. The van der Waals surface area contributed by atoms with Crippen molar-refractivity contribution in [3.05, 3.63) is 0 Å². The molecule has 0 aromatic heterocycles. The predicted octanol–water partition coefficient (Wildman–Crippen LogP) is 0.901. The first kappa shape index (κ1) is 15.2. The normalized spacial score (nSPS) is 27.6. The Labute approximate surface area is 109 Å². The third-order valence-corrected chi connectivity index (χ3v) is 4.90. The maximum atomic E-state index is 12.2. The highest BCUT2D eigenvalue weighted by Crippen LogP contribution is 2.16. The van der Waals surface area contributed by atoms with E-state index in [9.17, 15) is 8.42 Å². The Morgan fingerprint density at radius 3 is 2.35 bits per heavy atom. The number of alkyl halides is 1. The standard InChI is InChI=1S/C10H21ClN2O3S/c1-9-7-13(8-10(2)16-9)17(14,15)12(3)6-4-5-11/h9-10H,4-8H2,1-3H3/t9-,10+. The lowest BCUT2D eigenvalue weighted by atomic mass is 10.3. The molecule has 5 nitrogen and oxygen atoms in total. The fraction of sp³-hybridized carbons (Fsp3) is 1.00. The first-order valence-electron chi connectivity index (χ1n) is 5.80. The van der Waals surface area contributed by atoms with E-state index in [0.717, 1.165) is 0 Å². The molecule has 0 N–H and O–H groups in total. The molecule has 1 saturated heterocycles. The van der Waals surface area contributed by atoms with E-state index >= 15 is 0 Å². The highest BCUT2D eigenvalue weighted by atomic mass is 35.5. The van der Waals surface area contributed by atoms with Crippen LogP contribution in [0.2, 0.25) is 0 Å². The zero-order chi connectivity index (χ0) is 13.1. The van der Waals surface area contributed by atoms with Crippen LogP contribution in [0.15, 0.2) is 0 Å². The van der Waals surface area contributed by atoms with Crippen LogP contribution in [0.25, 0.3) is 0 Å². The van der Waals surface area contributed by atoms with Crippen molar-refractivity contribution >= 4 is 21.8 Å². The van der Waals surface area contributed by atoms with Crippen LogP contribution in [-0.4, -0.2) is 61.8 Å². The molecule has 0 amide bonds. The van der Waals surface area contributed by atoms with Crippen molar-refractivity contribution in [1.29, 1.82) is 0 Å². The number of ether oxygens (including phenoxy) is 1. The van der Waals surface area contributed by atoms with E-state index in [1.54, 1.807) is 7.05 Å². The van der Waals surface area contributed by atoms with Gasteiger partial charge >= 0.3 is 0 Å². The lowest BCUT2D eigenvalue weighted by Crippen LogP contribution is -2.52. The molecule has 0 aromatic carbocycles. The Kier molecular flexibility index (Phi) is 5.66. The molecule has 0 unspecified atom stereocenters. The molecule has 0 bridgehead atoms. The van der Waals surface area contributed by atoms with Crippen LogP contribution in [-0.2, 0) is 14.9 Å². The number of rotatable bonds is 5. The molecule has 0 aliphatic carbocycles. The van der Waals surface area contributed by atoms with Crippen molar-refractivity contribution in [1.82, 2.24) is 8.61 Å². The van der Waals surface area contributed by atoms with Crippen LogP contribution in [0.4, 0.5) is 0 Å². The number of nitrogens with zero attached hydrogens (tertiary/aromatic N) is 2. The fourth-order valence-corrected chi connectivity index (χ4v) is 3.58. The molecule has 2 atom stereocenters. The van der Waals surface area contributed by atoms with Gasteiger partial charge in [-0.1, -0.05) is 0 Å². The quantitative estimate of drug-likeness (QED) is 0.705. The topological polar surface area (TPSA) is 49.9 Å². The Hall–Kier alpha value is 0.120. The first-order valence-corrected chi connectivity index (χ1v) is 7.74. The van der Waals surface area contributed by atoms with E-state index in [0.29, 0.717) is 31.9 Å². The smallest absolute Gasteiger partial charge is 0.281 e. The van der Waals surface area contributed by atoms with E-state index in [-0.39, 0.29) is 12.2 Å². The zero-order valence-corrected chi connectivity index (χ0v) is 12.2. The van der Waals surface area contributed by atoms with E-state index in [1.807, 2.05) is 13.8 Å². The third-order valence-electron chi connectivity index (χ3n) is 2.71. The monoisotopic (exact) mass is 284 g/mol. The molecule has 1 rings (SSSR count). The minimum atomic E-state index is -3.37. The molecule has 0 radical (unpaired) electrons. The van der Waals surface area contributed by atoms with E-state index in [1.165, 1.54) is 8.61 Å². The van der Waals surface area contributed by atoms with Crippen molar-refractivity contribution in [2.75, 3.05) is 32.6 Å². The summed E-state index contributed by atoms with van der Waals surface area (Å²) in [6.45, 7) is 5.05. The van der Waals surface area contributed by atoms with Crippen LogP contribution < -0.4 is 0 Å². The minimum Gasteiger partial charge on any atom is -0.373 e. The Balaban J connectivity index is 2.68. The average molecular weight is 285 g/mol. The van der Waals surface area contributed by atoms with Gasteiger partial charge in [0, 0.05) is 32.6 Å². The molecule has 17 heavy (non-hydrogen) atoms. The summed E-state index contributed by atoms with van der Waals surface area (Å²) in [6.07, 6.45) is 0.539. The minimum absolute atomic E-state index is 0.0602. The van der Waals surface area contributed by atoms with Crippen molar-refractivity contribution < 1.29 is 13.2 Å². The lowest BCUT2D eigenvalue weighted by Gasteiger charge is -2.36. The molecular weight excluding hydrogens is 264 g/mol. The van der Waals surface area contributed by atoms with E-state index in [4.69, 9.17) is 16.3 Å². The molecule has 1 aliphatic rings. The summed E-state index contributed by atoms with van der Waals surface area (Å²) in [7, 11) is -1.78. The average Bonchev–Trinajstić information content (AvgIpc) is 2.24.